The fourth-order valence-electron chi connectivity index (χ4n) is 6.51. The van der Waals surface area contributed by atoms with Crippen LogP contribution in [0.4, 0.5) is 17.1 Å². The van der Waals surface area contributed by atoms with E-state index in [4.69, 9.17) is 9.47 Å². The number of aryl methyl sites for hydroxylation is 2. The van der Waals surface area contributed by atoms with E-state index in [1.165, 1.54) is 18.4 Å². The zero-order valence-corrected chi connectivity index (χ0v) is 26.0. The van der Waals surface area contributed by atoms with Gasteiger partial charge in [-0.2, -0.15) is 0 Å². The highest BCUT2D eigenvalue weighted by atomic mass is 16.6. The molecule has 222 valence electrons. The zero-order chi connectivity index (χ0) is 30.1. The van der Waals surface area contributed by atoms with Gasteiger partial charge in [0.15, 0.2) is 5.60 Å². The molecule has 0 aliphatic carbocycles. The number of benzene rings is 4. The summed E-state index contributed by atoms with van der Waals surface area (Å²) in [6.45, 7) is 12.9. The predicted octanol–water partition coefficient (Wildman–Crippen LogP) is 9.66. The summed E-state index contributed by atoms with van der Waals surface area (Å²) in [6, 6.07) is 26.6. The van der Waals surface area contributed by atoms with Gasteiger partial charge >= 0.3 is 5.97 Å². The number of ether oxygens (including phenoxy) is 2. The first kappa shape index (κ1) is 28.9. The Labute approximate surface area is 255 Å². The van der Waals surface area contributed by atoms with Crippen LogP contribution in [0.3, 0.4) is 0 Å². The highest BCUT2D eigenvalue weighted by molar-refractivity contribution is 5.97. The van der Waals surface area contributed by atoms with Gasteiger partial charge in [0.05, 0.1) is 5.56 Å². The van der Waals surface area contributed by atoms with Crippen LogP contribution < -0.4 is 15.0 Å². The number of anilines is 3. The van der Waals surface area contributed by atoms with Gasteiger partial charge in [0, 0.05) is 52.9 Å². The van der Waals surface area contributed by atoms with E-state index < -0.39 is 5.60 Å². The molecule has 0 fully saturated rings. The summed E-state index contributed by atoms with van der Waals surface area (Å²) in [5.74, 6) is 1.85. The van der Waals surface area contributed by atoms with Gasteiger partial charge in [-0.05, 0) is 86.2 Å². The van der Waals surface area contributed by atoms with Crippen LogP contribution in [0.25, 0.3) is 0 Å². The van der Waals surface area contributed by atoms with Gasteiger partial charge in [0.25, 0.3) is 0 Å². The average molecular weight is 575 g/mol. The molecule has 43 heavy (non-hydrogen) atoms. The van der Waals surface area contributed by atoms with Crippen molar-refractivity contribution in [2.24, 2.45) is 5.92 Å². The summed E-state index contributed by atoms with van der Waals surface area (Å²) in [5.41, 5.74) is 7.34. The number of hydrogen-bond donors (Lipinski definition) is 1. The van der Waals surface area contributed by atoms with Crippen molar-refractivity contribution in [1.29, 1.82) is 0 Å². The van der Waals surface area contributed by atoms with Crippen molar-refractivity contribution in [3.8, 4) is 11.5 Å². The maximum absolute atomic E-state index is 13.4. The lowest BCUT2D eigenvalue weighted by atomic mass is 9.77. The van der Waals surface area contributed by atoms with E-state index >= 15 is 0 Å². The minimum atomic E-state index is -1.10. The molecule has 2 heterocycles. The Hall–Kier alpha value is -4.25. The molecule has 1 atom stereocenters. The molecule has 1 unspecified atom stereocenters. The van der Waals surface area contributed by atoms with E-state index in [0.29, 0.717) is 11.3 Å². The van der Waals surface area contributed by atoms with Crippen LogP contribution in [0, 0.1) is 19.8 Å². The number of nitrogens with one attached hydrogen (secondary N) is 1. The molecule has 1 spiro atoms. The third-order valence-corrected chi connectivity index (χ3v) is 8.66. The predicted molar refractivity (Wildman–Crippen MR) is 175 cm³/mol. The Bertz CT molecular complexity index is 1660. The van der Waals surface area contributed by atoms with Gasteiger partial charge < -0.3 is 19.7 Å². The van der Waals surface area contributed by atoms with Crippen LogP contribution >= 0.6 is 0 Å². The second-order valence-electron chi connectivity index (χ2n) is 12.4. The summed E-state index contributed by atoms with van der Waals surface area (Å²) >= 11 is 0. The highest BCUT2D eigenvalue weighted by Crippen LogP contribution is 2.57. The fourth-order valence-corrected chi connectivity index (χ4v) is 6.51. The maximum Gasteiger partial charge on any atom is 0.340 e. The molecule has 2 aliphatic heterocycles. The average Bonchev–Trinajstić information content (AvgIpc) is 3.28. The SMILES string of the molecule is CCCN(CCCCC(C)C)c1ccc2c(c1)Oc1cc(C)c(Nc3cccc(C)c3)cc1C21OC(=O)c2ccccc21. The smallest absolute Gasteiger partial charge is 0.340 e. The number of carbonyl (C=O) groups excluding carboxylic acids is 1. The second kappa shape index (κ2) is 11.8. The Balaban J connectivity index is 1.45. The standard InChI is InChI=1S/C38H42N2O3/c1-6-19-40(20-10-9-12-25(2)3)29-17-18-32-36(23-29)42-35-22-27(5)34(39-28-14-11-13-26(4)21-28)24-33(35)38(32)31-16-8-7-15-30(31)37(41)43-38/h7-8,11,13-18,21-25,39H,6,9-10,12,19-20H2,1-5H3. The molecule has 1 N–H and O–H groups in total. The zero-order valence-electron chi connectivity index (χ0n) is 26.0. The Morgan fingerprint density at radius 1 is 0.837 bits per heavy atom. The first-order valence-corrected chi connectivity index (χ1v) is 15.7. The summed E-state index contributed by atoms with van der Waals surface area (Å²) < 4.78 is 13.2. The molecule has 0 bridgehead atoms. The van der Waals surface area contributed by atoms with Crippen molar-refractivity contribution in [2.45, 2.75) is 65.9 Å². The Kier molecular flexibility index (Phi) is 7.91. The molecule has 5 nitrogen and oxygen atoms in total. The molecular weight excluding hydrogens is 532 g/mol. The van der Waals surface area contributed by atoms with Gasteiger partial charge in [0.1, 0.15) is 11.5 Å². The highest BCUT2D eigenvalue weighted by Gasteiger charge is 2.53. The first-order chi connectivity index (χ1) is 20.8. The minimum Gasteiger partial charge on any atom is -0.456 e. The fraction of sp³-hybridized carbons (Fsp3) is 0.342. The maximum atomic E-state index is 13.4. The summed E-state index contributed by atoms with van der Waals surface area (Å²) in [4.78, 5) is 15.9. The molecule has 2 aliphatic rings. The number of esters is 1. The minimum absolute atomic E-state index is 0.315. The largest absolute Gasteiger partial charge is 0.456 e. The second-order valence-corrected chi connectivity index (χ2v) is 12.4. The molecule has 4 aromatic carbocycles. The van der Waals surface area contributed by atoms with Gasteiger partial charge in [-0.25, -0.2) is 4.79 Å². The number of nitrogens with zero attached hydrogens (tertiary/aromatic N) is 1. The van der Waals surface area contributed by atoms with E-state index in [1.54, 1.807) is 0 Å². The molecule has 0 radical (unpaired) electrons. The normalized spacial score (nSPS) is 16.4. The molecular formula is C38H42N2O3. The molecule has 4 aromatic rings. The van der Waals surface area contributed by atoms with Gasteiger partial charge in [-0.15, -0.1) is 0 Å². The topological polar surface area (TPSA) is 50.8 Å². The van der Waals surface area contributed by atoms with E-state index in [9.17, 15) is 4.79 Å². The number of rotatable bonds is 10. The summed E-state index contributed by atoms with van der Waals surface area (Å²) in [5, 5.41) is 3.60. The van der Waals surface area contributed by atoms with Crippen LogP contribution in [0.5, 0.6) is 11.5 Å². The van der Waals surface area contributed by atoms with Crippen LogP contribution in [-0.2, 0) is 10.3 Å². The lowest BCUT2D eigenvalue weighted by molar-refractivity contribution is 0.0224. The van der Waals surface area contributed by atoms with Crippen molar-refractivity contribution in [1.82, 2.24) is 0 Å². The van der Waals surface area contributed by atoms with E-state index in [2.05, 4.69) is 93.4 Å². The number of fused-ring (bicyclic) bond motifs is 6. The lowest BCUT2D eigenvalue weighted by Crippen LogP contribution is -2.33. The van der Waals surface area contributed by atoms with E-state index in [0.717, 1.165) is 76.9 Å². The van der Waals surface area contributed by atoms with Gasteiger partial charge in [-0.1, -0.05) is 63.9 Å². The monoisotopic (exact) mass is 574 g/mol. The van der Waals surface area contributed by atoms with Crippen LogP contribution in [0.15, 0.2) is 78.9 Å². The van der Waals surface area contributed by atoms with Crippen LogP contribution in [0.2, 0.25) is 0 Å². The van der Waals surface area contributed by atoms with Gasteiger partial charge in [-0.3, -0.25) is 0 Å². The Morgan fingerprint density at radius 3 is 2.44 bits per heavy atom. The third-order valence-electron chi connectivity index (χ3n) is 8.66. The number of unbranched alkanes of at least 4 members (excludes halogenated alkanes) is 1. The number of hydrogen-bond acceptors (Lipinski definition) is 5. The Morgan fingerprint density at radius 2 is 1.65 bits per heavy atom. The van der Waals surface area contributed by atoms with Crippen LogP contribution in [0.1, 0.15) is 84.6 Å². The molecule has 0 saturated carbocycles. The van der Waals surface area contributed by atoms with Crippen molar-refractivity contribution >= 4 is 23.0 Å². The van der Waals surface area contributed by atoms with Crippen molar-refractivity contribution in [3.05, 3.63) is 112 Å². The van der Waals surface area contributed by atoms with Crippen molar-refractivity contribution in [2.75, 3.05) is 23.3 Å². The summed E-state index contributed by atoms with van der Waals surface area (Å²) in [7, 11) is 0. The van der Waals surface area contributed by atoms with Crippen molar-refractivity contribution < 1.29 is 14.3 Å². The quantitative estimate of drug-likeness (QED) is 0.151. The van der Waals surface area contributed by atoms with Crippen molar-refractivity contribution in [3.63, 3.8) is 0 Å². The molecule has 6 rings (SSSR count). The summed E-state index contributed by atoms with van der Waals surface area (Å²) in [6.07, 6.45) is 4.69. The molecule has 0 amide bonds. The number of carbonyl (C=O) groups is 1. The van der Waals surface area contributed by atoms with Gasteiger partial charge in [0.2, 0.25) is 0 Å². The van der Waals surface area contributed by atoms with E-state index in [1.807, 2.05) is 30.3 Å². The first-order valence-electron chi connectivity index (χ1n) is 15.7. The molecule has 0 aromatic heterocycles. The third kappa shape index (κ3) is 5.37. The van der Waals surface area contributed by atoms with Crippen LogP contribution in [-0.4, -0.2) is 19.1 Å². The lowest BCUT2D eigenvalue weighted by Gasteiger charge is -2.38. The molecule has 5 heteroatoms. The molecule has 0 saturated heterocycles. The van der Waals surface area contributed by atoms with E-state index in [-0.39, 0.29) is 5.97 Å².